The molecule has 1 saturated carbocycles. The Morgan fingerprint density at radius 3 is 2.86 bits per heavy atom. The molecule has 1 aromatic rings. The number of likely N-dealkylation sites (tertiary alicyclic amines) is 1. The lowest BCUT2D eigenvalue weighted by Gasteiger charge is -2.33. The van der Waals surface area contributed by atoms with Gasteiger partial charge in [0.15, 0.2) is 5.82 Å². The highest BCUT2D eigenvalue weighted by molar-refractivity contribution is 4.96. The highest BCUT2D eigenvalue weighted by Crippen LogP contribution is 2.27. The van der Waals surface area contributed by atoms with E-state index in [2.05, 4.69) is 22.0 Å². The summed E-state index contributed by atoms with van der Waals surface area (Å²) in [6, 6.07) is 0. The van der Waals surface area contributed by atoms with Crippen LogP contribution in [0.1, 0.15) is 63.1 Å². The van der Waals surface area contributed by atoms with E-state index in [9.17, 15) is 0 Å². The molecule has 0 spiro atoms. The van der Waals surface area contributed by atoms with Crippen LogP contribution in [0.15, 0.2) is 4.52 Å². The highest BCUT2D eigenvalue weighted by Gasteiger charge is 2.26. The first-order valence-electron chi connectivity index (χ1n) is 8.86. The van der Waals surface area contributed by atoms with Gasteiger partial charge in [0.05, 0.1) is 18.6 Å². The average Bonchev–Trinajstić information content (AvgIpc) is 2.96. The molecule has 124 valence electrons. The smallest absolute Gasteiger partial charge is 0.231 e. The minimum absolute atomic E-state index is 0.392. The number of ether oxygens (including phenoxy) is 1. The highest BCUT2D eigenvalue weighted by atomic mass is 16.5. The van der Waals surface area contributed by atoms with Gasteiger partial charge in [-0.3, -0.25) is 0 Å². The molecule has 1 saturated heterocycles. The summed E-state index contributed by atoms with van der Waals surface area (Å²) >= 11 is 0. The molecule has 0 amide bonds. The first-order valence-corrected chi connectivity index (χ1v) is 8.86. The van der Waals surface area contributed by atoms with Gasteiger partial charge in [-0.2, -0.15) is 4.98 Å². The summed E-state index contributed by atoms with van der Waals surface area (Å²) < 4.78 is 11.5. The molecule has 3 atom stereocenters. The third kappa shape index (κ3) is 4.07. The van der Waals surface area contributed by atoms with Crippen molar-refractivity contribution >= 4 is 0 Å². The SMILES string of the molecule is Cc1noc([C@@H]2CCCN(CCO[C@H]3CCCC[C@H]3C)C2)n1. The summed E-state index contributed by atoms with van der Waals surface area (Å²) in [5, 5.41) is 3.92. The van der Waals surface area contributed by atoms with E-state index in [0.717, 1.165) is 50.3 Å². The number of hydrogen-bond acceptors (Lipinski definition) is 5. The average molecular weight is 307 g/mol. The standard InChI is InChI=1S/C17H29N3O2/c1-13-6-3-4-8-16(13)21-11-10-20-9-5-7-15(12-20)17-18-14(2)19-22-17/h13,15-16H,3-12H2,1-2H3/t13-,15-,16+/m1/s1. The summed E-state index contributed by atoms with van der Waals surface area (Å²) in [5.74, 6) is 2.67. The molecule has 5 nitrogen and oxygen atoms in total. The van der Waals surface area contributed by atoms with Gasteiger partial charge < -0.3 is 14.2 Å². The van der Waals surface area contributed by atoms with Crippen LogP contribution in [0, 0.1) is 12.8 Å². The Kier molecular flexibility index (Phi) is 5.47. The summed E-state index contributed by atoms with van der Waals surface area (Å²) in [4.78, 5) is 6.88. The van der Waals surface area contributed by atoms with Crippen molar-refractivity contribution in [1.29, 1.82) is 0 Å². The monoisotopic (exact) mass is 307 g/mol. The molecule has 2 heterocycles. The molecule has 2 aliphatic rings. The van der Waals surface area contributed by atoms with Crippen LogP contribution in [0.4, 0.5) is 0 Å². The fraction of sp³-hybridized carbons (Fsp3) is 0.882. The van der Waals surface area contributed by atoms with Crippen molar-refractivity contribution in [3.05, 3.63) is 11.7 Å². The van der Waals surface area contributed by atoms with Crippen molar-refractivity contribution in [3.63, 3.8) is 0 Å². The van der Waals surface area contributed by atoms with Crippen LogP contribution >= 0.6 is 0 Å². The fourth-order valence-electron chi connectivity index (χ4n) is 3.80. The van der Waals surface area contributed by atoms with Crippen molar-refractivity contribution in [3.8, 4) is 0 Å². The Hall–Kier alpha value is -0.940. The Bertz CT molecular complexity index is 463. The molecule has 1 aliphatic carbocycles. The third-order valence-corrected chi connectivity index (χ3v) is 5.17. The molecule has 0 unspecified atom stereocenters. The minimum Gasteiger partial charge on any atom is -0.377 e. The molecule has 5 heteroatoms. The molecule has 1 aliphatic heterocycles. The number of aryl methyl sites for hydroxylation is 1. The number of piperidine rings is 1. The van der Waals surface area contributed by atoms with Crippen LogP contribution in [0.25, 0.3) is 0 Å². The summed E-state index contributed by atoms with van der Waals surface area (Å²) in [7, 11) is 0. The Labute approximate surface area is 133 Å². The Balaban J connectivity index is 1.42. The summed E-state index contributed by atoms with van der Waals surface area (Å²) in [6.45, 7) is 8.27. The van der Waals surface area contributed by atoms with Crippen LogP contribution in [0.2, 0.25) is 0 Å². The molecule has 22 heavy (non-hydrogen) atoms. The number of hydrogen-bond donors (Lipinski definition) is 0. The predicted octanol–water partition coefficient (Wildman–Crippen LogP) is 3.15. The van der Waals surface area contributed by atoms with Gasteiger partial charge in [0.2, 0.25) is 5.89 Å². The zero-order valence-corrected chi connectivity index (χ0v) is 14.0. The van der Waals surface area contributed by atoms with E-state index in [1.807, 2.05) is 6.92 Å². The van der Waals surface area contributed by atoms with E-state index >= 15 is 0 Å². The van der Waals surface area contributed by atoms with Gasteiger partial charge in [-0.1, -0.05) is 24.9 Å². The van der Waals surface area contributed by atoms with Crippen molar-refractivity contribution in [2.45, 2.75) is 64.4 Å². The van der Waals surface area contributed by atoms with Crippen LogP contribution in [-0.4, -0.2) is 47.4 Å². The first kappa shape index (κ1) is 15.9. The van der Waals surface area contributed by atoms with Crippen molar-refractivity contribution in [2.24, 2.45) is 5.92 Å². The largest absolute Gasteiger partial charge is 0.377 e. The van der Waals surface area contributed by atoms with E-state index in [4.69, 9.17) is 9.26 Å². The molecule has 2 fully saturated rings. The van der Waals surface area contributed by atoms with Crippen molar-refractivity contribution < 1.29 is 9.26 Å². The van der Waals surface area contributed by atoms with E-state index in [1.54, 1.807) is 0 Å². The zero-order chi connectivity index (χ0) is 15.4. The summed E-state index contributed by atoms with van der Waals surface area (Å²) in [5.41, 5.74) is 0. The second kappa shape index (κ2) is 7.55. The molecule has 0 N–H and O–H groups in total. The van der Waals surface area contributed by atoms with E-state index < -0.39 is 0 Å². The minimum atomic E-state index is 0.392. The van der Waals surface area contributed by atoms with Crippen LogP contribution < -0.4 is 0 Å². The molecular weight excluding hydrogens is 278 g/mol. The van der Waals surface area contributed by atoms with Gasteiger partial charge in [-0.05, 0) is 45.1 Å². The number of nitrogens with zero attached hydrogens (tertiary/aromatic N) is 3. The van der Waals surface area contributed by atoms with Gasteiger partial charge in [0.1, 0.15) is 0 Å². The topological polar surface area (TPSA) is 51.4 Å². The van der Waals surface area contributed by atoms with Gasteiger partial charge >= 0.3 is 0 Å². The second-order valence-electron chi connectivity index (χ2n) is 6.99. The van der Waals surface area contributed by atoms with Crippen molar-refractivity contribution in [1.82, 2.24) is 15.0 Å². The van der Waals surface area contributed by atoms with E-state index in [-0.39, 0.29) is 0 Å². The van der Waals surface area contributed by atoms with Crippen LogP contribution in [-0.2, 0) is 4.74 Å². The maximum atomic E-state index is 6.15. The van der Waals surface area contributed by atoms with Crippen LogP contribution in [0.5, 0.6) is 0 Å². The predicted molar refractivity (Wildman–Crippen MR) is 84.8 cm³/mol. The van der Waals surface area contributed by atoms with Gasteiger partial charge in [0.25, 0.3) is 0 Å². The van der Waals surface area contributed by atoms with E-state index in [1.165, 1.54) is 32.1 Å². The second-order valence-corrected chi connectivity index (χ2v) is 6.99. The van der Waals surface area contributed by atoms with Crippen molar-refractivity contribution in [2.75, 3.05) is 26.2 Å². The Morgan fingerprint density at radius 1 is 1.23 bits per heavy atom. The fourth-order valence-corrected chi connectivity index (χ4v) is 3.80. The van der Waals surface area contributed by atoms with Gasteiger partial charge in [0, 0.05) is 13.1 Å². The van der Waals surface area contributed by atoms with Gasteiger partial charge in [-0.15, -0.1) is 0 Å². The number of rotatable bonds is 5. The lowest BCUT2D eigenvalue weighted by atomic mass is 9.88. The normalized spacial score (nSPS) is 30.5. The quantitative estimate of drug-likeness (QED) is 0.836. The number of aromatic nitrogens is 2. The molecule has 0 radical (unpaired) electrons. The Morgan fingerprint density at radius 2 is 2.09 bits per heavy atom. The summed E-state index contributed by atoms with van der Waals surface area (Å²) in [6.07, 6.45) is 8.10. The lowest BCUT2D eigenvalue weighted by molar-refractivity contribution is -0.0163. The first-order chi connectivity index (χ1) is 10.7. The maximum Gasteiger partial charge on any atom is 0.231 e. The zero-order valence-electron chi connectivity index (χ0n) is 14.0. The van der Waals surface area contributed by atoms with E-state index in [0.29, 0.717) is 12.0 Å². The molecule has 0 aromatic carbocycles. The van der Waals surface area contributed by atoms with Gasteiger partial charge in [-0.25, -0.2) is 0 Å². The molecule has 3 rings (SSSR count). The molecule has 0 bridgehead atoms. The lowest BCUT2D eigenvalue weighted by Crippen LogP contribution is -2.38. The third-order valence-electron chi connectivity index (χ3n) is 5.17. The maximum absolute atomic E-state index is 6.15. The molecular formula is C17H29N3O2. The molecule has 1 aromatic heterocycles. The van der Waals surface area contributed by atoms with Crippen LogP contribution in [0.3, 0.4) is 0 Å².